The van der Waals surface area contributed by atoms with Crippen LogP contribution >= 0.6 is 11.8 Å². The average Bonchev–Trinajstić information content (AvgIpc) is 2.91. The van der Waals surface area contributed by atoms with E-state index in [0.717, 1.165) is 25.7 Å². The van der Waals surface area contributed by atoms with E-state index in [4.69, 9.17) is 0 Å². The number of fused-ring (bicyclic) bond motifs is 5. The summed E-state index contributed by atoms with van der Waals surface area (Å²) in [7, 11) is 0. The number of allylic oxidation sites excluding steroid dienone is 1. The smallest absolute Gasteiger partial charge is 0.174 e. The molecule has 5 heteroatoms. The van der Waals surface area contributed by atoms with Gasteiger partial charge in [-0.05, 0) is 67.8 Å². The first kappa shape index (κ1) is 22.5. The van der Waals surface area contributed by atoms with Gasteiger partial charge in [-0.1, -0.05) is 40.2 Å². The van der Waals surface area contributed by atoms with E-state index in [9.17, 15) is 19.8 Å². The first-order valence-corrected chi connectivity index (χ1v) is 12.6. The quantitative estimate of drug-likeness (QED) is 0.692. The average molecular weight is 435 g/mol. The van der Waals surface area contributed by atoms with Gasteiger partial charge in [0.2, 0.25) is 0 Å². The predicted molar refractivity (Wildman–Crippen MR) is 120 cm³/mol. The minimum Gasteiger partial charge on any atom is -0.393 e. The number of Topliss-reactive ketones (excluding diaryl/α,β-unsaturated/α-hetero) is 1. The molecule has 4 nitrogen and oxygen atoms in total. The lowest BCUT2D eigenvalue weighted by Gasteiger charge is -2.60. The number of ketones is 2. The third-order valence-electron chi connectivity index (χ3n) is 9.15. The Morgan fingerprint density at radius 1 is 1.20 bits per heavy atom. The second-order valence-corrected chi connectivity index (χ2v) is 13.6. The van der Waals surface area contributed by atoms with E-state index < -0.39 is 17.1 Å². The molecule has 3 saturated carbocycles. The van der Waals surface area contributed by atoms with Crippen LogP contribution in [0.5, 0.6) is 0 Å². The van der Waals surface area contributed by atoms with Crippen molar-refractivity contribution in [2.24, 2.45) is 28.6 Å². The monoisotopic (exact) mass is 434 g/mol. The van der Waals surface area contributed by atoms with Crippen LogP contribution in [0.1, 0.15) is 79.6 Å². The van der Waals surface area contributed by atoms with Gasteiger partial charge in [-0.3, -0.25) is 9.59 Å². The standard InChI is InChI=1S/C25H38O4S/c1-22(2,3)30-14-20(28)25(29)11-9-18-17-7-6-15-12-16(26)8-10-23(15,4)21(17)19(27)13-24(18,25)5/h12,17-19,21,27,29H,6-11,13-14H2,1-5H3. The third kappa shape index (κ3) is 3.26. The Hall–Kier alpha value is -0.650. The number of hydrogen-bond donors (Lipinski definition) is 2. The summed E-state index contributed by atoms with van der Waals surface area (Å²) in [5.74, 6) is 1.13. The molecule has 0 aliphatic heterocycles. The van der Waals surface area contributed by atoms with Crippen molar-refractivity contribution in [2.45, 2.75) is 96.0 Å². The maximum Gasteiger partial charge on any atom is 0.174 e. The van der Waals surface area contributed by atoms with Crippen LogP contribution < -0.4 is 0 Å². The largest absolute Gasteiger partial charge is 0.393 e. The molecule has 3 fully saturated rings. The Labute approximate surface area is 185 Å². The topological polar surface area (TPSA) is 74.6 Å². The predicted octanol–water partition coefficient (Wildman–Crippen LogP) is 4.32. The summed E-state index contributed by atoms with van der Waals surface area (Å²) < 4.78 is -0.0266. The molecule has 0 bridgehead atoms. The molecule has 30 heavy (non-hydrogen) atoms. The highest BCUT2D eigenvalue weighted by Crippen LogP contribution is 2.67. The highest BCUT2D eigenvalue weighted by atomic mass is 32.2. The molecule has 0 spiro atoms. The van der Waals surface area contributed by atoms with Crippen molar-refractivity contribution in [1.82, 2.24) is 0 Å². The normalized spacial score (nSPS) is 46.0. The zero-order chi connectivity index (χ0) is 22.1. The molecular formula is C25H38O4S. The van der Waals surface area contributed by atoms with Gasteiger partial charge in [0.25, 0.3) is 0 Å². The Bertz CT molecular complexity index is 783. The first-order chi connectivity index (χ1) is 13.8. The SMILES string of the molecule is CC(C)(C)SCC(=O)C1(O)CCC2C3CCC4=CC(=O)CCC4(C)C3C(O)CC21C. The number of carbonyl (C=O) groups excluding carboxylic acids is 2. The molecule has 0 aromatic rings. The lowest BCUT2D eigenvalue weighted by molar-refractivity contribution is -0.178. The summed E-state index contributed by atoms with van der Waals surface area (Å²) in [5, 5.41) is 23.1. The summed E-state index contributed by atoms with van der Waals surface area (Å²) in [5.41, 5.74) is -0.842. The fourth-order valence-electron chi connectivity index (χ4n) is 7.55. The Morgan fingerprint density at radius 2 is 1.90 bits per heavy atom. The molecule has 0 saturated heterocycles. The summed E-state index contributed by atoms with van der Waals surface area (Å²) in [6, 6.07) is 0. The third-order valence-corrected chi connectivity index (χ3v) is 10.4. The van der Waals surface area contributed by atoms with Gasteiger partial charge in [0.15, 0.2) is 11.6 Å². The minimum absolute atomic E-state index is 0.0266. The molecule has 2 N–H and O–H groups in total. The number of carbonyl (C=O) groups is 2. The van der Waals surface area contributed by atoms with E-state index in [1.807, 2.05) is 6.08 Å². The molecule has 168 valence electrons. The number of aliphatic hydroxyl groups is 2. The van der Waals surface area contributed by atoms with Crippen LogP contribution in [0.15, 0.2) is 11.6 Å². The second kappa shape index (κ2) is 7.18. The van der Waals surface area contributed by atoms with Crippen molar-refractivity contribution < 1.29 is 19.8 Å². The molecule has 4 rings (SSSR count). The van der Waals surface area contributed by atoms with Gasteiger partial charge in [-0.15, -0.1) is 11.8 Å². The number of hydrogen-bond acceptors (Lipinski definition) is 5. The van der Waals surface area contributed by atoms with Gasteiger partial charge in [0, 0.05) is 16.6 Å². The van der Waals surface area contributed by atoms with Crippen molar-refractivity contribution >= 4 is 23.3 Å². The molecule has 0 heterocycles. The van der Waals surface area contributed by atoms with E-state index in [0.29, 0.717) is 30.9 Å². The Kier molecular flexibility index (Phi) is 5.39. The molecule has 7 atom stereocenters. The van der Waals surface area contributed by atoms with Crippen LogP contribution in [0.25, 0.3) is 0 Å². The van der Waals surface area contributed by atoms with Crippen molar-refractivity contribution in [1.29, 1.82) is 0 Å². The van der Waals surface area contributed by atoms with Gasteiger partial charge in [-0.2, -0.15) is 0 Å². The maximum absolute atomic E-state index is 13.3. The molecule has 4 aliphatic rings. The van der Waals surface area contributed by atoms with Crippen molar-refractivity contribution in [3.63, 3.8) is 0 Å². The van der Waals surface area contributed by atoms with E-state index >= 15 is 0 Å². The second-order valence-electron chi connectivity index (χ2n) is 11.8. The fourth-order valence-corrected chi connectivity index (χ4v) is 8.35. The first-order valence-electron chi connectivity index (χ1n) is 11.6. The van der Waals surface area contributed by atoms with Crippen LogP contribution in [-0.2, 0) is 9.59 Å². The molecule has 4 aliphatic carbocycles. The number of aliphatic hydroxyl groups excluding tert-OH is 1. The van der Waals surface area contributed by atoms with Crippen molar-refractivity contribution in [3.05, 3.63) is 11.6 Å². The molecular weight excluding hydrogens is 396 g/mol. The van der Waals surface area contributed by atoms with Crippen LogP contribution in [0, 0.1) is 28.6 Å². The highest BCUT2D eigenvalue weighted by molar-refractivity contribution is 8.01. The Balaban J connectivity index is 1.63. The van der Waals surface area contributed by atoms with Gasteiger partial charge >= 0.3 is 0 Å². The minimum atomic E-state index is -1.35. The van der Waals surface area contributed by atoms with Crippen molar-refractivity contribution in [2.75, 3.05) is 5.75 Å². The summed E-state index contributed by atoms with van der Waals surface area (Å²) >= 11 is 1.59. The van der Waals surface area contributed by atoms with Crippen LogP contribution in [0.3, 0.4) is 0 Å². The van der Waals surface area contributed by atoms with Gasteiger partial charge in [-0.25, -0.2) is 0 Å². The zero-order valence-corrected chi connectivity index (χ0v) is 20.0. The van der Waals surface area contributed by atoms with Gasteiger partial charge < -0.3 is 10.2 Å². The fraction of sp³-hybridized carbons (Fsp3) is 0.840. The van der Waals surface area contributed by atoms with Crippen molar-refractivity contribution in [3.8, 4) is 0 Å². The number of rotatable bonds is 3. The molecule has 0 amide bonds. The van der Waals surface area contributed by atoms with Crippen LogP contribution in [0.2, 0.25) is 0 Å². The maximum atomic E-state index is 13.3. The van der Waals surface area contributed by atoms with E-state index in [1.165, 1.54) is 5.57 Å². The summed E-state index contributed by atoms with van der Waals surface area (Å²) in [4.78, 5) is 25.3. The highest BCUT2D eigenvalue weighted by Gasteiger charge is 2.68. The molecule has 0 aromatic carbocycles. The van der Waals surface area contributed by atoms with Gasteiger partial charge in [0.1, 0.15) is 5.60 Å². The molecule has 0 aromatic heterocycles. The van der Waals surface area contributed by atoms with E-state index in [1.54, 1.807) is 11.8 Å². The van der Waals surface area contributed by atoms with Gasteiger partial charge in [0.05, 0.1) is 11.9 Å². The summed E-state index contributed by atoms with van der Waals surface area (Å²) in [6.07, 6.45) is 6.33. The lowest BCUT2D eigenvalue weighted by Crippen LogP contribution is -2.62. The molecule has 7 unspecified atom stereocenters. The lowest BCUT2D eigenvalue weighted by atomic mass is 9.45. The van der Waals surface area contributed by atoms with E-state index in [-0.39, 0.29) is 33.6 Å². The van der Waals surface area contributed by atoms with E-state index in [2.05, 4.69) is 34.6 Å². The van der Waals surface area contributed by atoms with Crippen LogP contribution in [0.4, 0.5) is 0 Å². The number of thioether (sulfide) groups is 1. The Morgan fingerprint density at radius 3 is 2.57 bits per heavy atom. The zero-order valence-electron chi connectivity index (χ0n) is 19.2. The van der Waals surface area contributed by atoms with Crippen LogP contribution in [-0.4, -0.2) is 44.0 Å². The summed E-state index contributed by atoms with van der Waals surface area (Å²) in [6.45, 7) is 10.6. The molecule has 0 radical (unpaired) electrons.